The van der Waals surface area contributed by atoms with Crippen LogP contribution in [0.15, 0.2) is 61.2 Å². The maximum absolute atomic E-state index is 11.7. The largest absolute Gasteiger partial charge is 0.445 e. The van der Waals surface area contributed by atoms with E-state index in [0.29, 0.717) is 6.54 Å². The van der Waals surface area contributed by atoms with Gasteiger partial charge in [-0.05, 0) is 16.7 Å². The third-order valence-electron chi connectivity index (χ3n) is 6.69. The van der Waals surface area contributed by atoms with Gasteiger partial charge in [-0.3, -0.25) is 4.90 Å². The first-order valence-corrected chi connectivity index (χ1v) is 12.5. The van der Waals surface area contributed by atoms with Gasteiger partial charge in [0.15, 0.2) is 6.29 Å². The van der Waals surface area contributed by atoms with Crippen LogP contribution in [0.3, 0.4) is 0 Å². The Morgan fingerprint density at radius 1 is 1.08 bits per heavy atom. The third kappa shape index (κ3) is 6.93. The number of benzene rings is 2. The minimum Gasteiger partial charge on any atom is -0.445 e. The fraction of sp³-hybridized carbons (Fsp3) is 0.464. The first-order valence-electron chi connectivity index (χ1n) is 12.5. The molecule has 0 unspecified atom stereocenters. The molecule has 2 N–H and O–H groups in total. The molecule has 2 saturated heterocycles. The van der Waals surface area contributed by atoms with Gasteiger partial charge in [0, 0.05) is 37.7 Å². The van der Waals surface area contributed by atoms with Gasteiger partial charge < -0.3 is 29.4 Å². The Balaban J connectivity index is 1.48. The summed E-state index contributed by atoms with van der Waals surface area (Å²) in [5.41, 5.74) is 3.81. The highest BCUT2D eigenvalue weighted by molar-refractivity contribution is 5.67. The molecule has 8 nitrogen and oxygen atoms in total. The number of aliphatic hydroxyl groups excluding tert-OH is 1. The molecule has 2 aliphatic rings. The van der Waals surface area contributed by atoms with Gasteiger partial charge in [-0.15, -0.1) is 0 Å². The molecule has 4 rings (SSSR count). The Kier molecular flexibility index (Phi) is 9.49. The van der Waals surface area contributed by atoms with E-state index in [1.54, 1.807) is 0 Å². The summed E-state index contributed by atoms with van der Waals surface area (Å²) in [6.45, 7) is 10.3. The first kappa shape index (κ1) is 26.3. The molecular formula is C28H36N2O6. The number of alkyl carbamates (subject to hydrolysis) is 1. The van der Waals surface area contributed by atoms with Crippen molar-refractivity contribution in [3.05, 3.63) is 83.4 Å². The van der Waals surface area contributed by atoms with Gasteiger partial charge in [-0.25, -0.2) is 4.79 Å². The number of nitrogens with zero attached hydrogens (tertiary/aromatic N) is 1. The zero-order chi connectivity index (χ0) is 25.3. The van der Waals surface area contributed by atoms with E-state index in [9.17, 15) is 9.90 Å². The van der Waals surface area contributed by atoms with Gasteiger partial charge in [0.25, 0.3) is 0 Å². The predicted molar refractivity (Wildman–Crippen MR) is 135 cm³/mol. The lowest BCUT2D eigenvalue weighted by atomic mass is 9.90. The number of nitrogens with one attached hydrogen (secondary N) is 1. The van der Waals surface area contributed by atoms with Crippen LogP contribution < -0.4 is 5.32 Å². The van der Waals surface area contributed by atoms with Crippen LogP contribution in [-0.4, -0.2) is 61.7 Å². The predicted octanol–water partition coefficient (Wildman–Crippen LogP) is 3.71. The standard InChI is InChI=1S/C28H36N2O6/c1-3-14-34-28(32)29-17-21-4-10-24(11-5-21)27-35-25(18-30-12-15-33-16-13-30)20(2)26(36-27)23-8-6-22(19-31)7-9-23/h3-11,20,25-27,31H,1,12-19H2,2H3,(H,29,32)/t20-,25+,26+,27+/m0/s1. The highest BCUT2D eigenvalue weighted by atomic mass is 16.7. The van der Waals surface area contributed by atoms with E-state index in [2.05, 4.69) is 23.7 Å². The van der Waals surface area contributed by atoms with Crippen molar-refractivity contribution in [3.8, 4) is 0 Å². The molecule has 8 heteroatoms. The Morgan fingerprint density at radius 3 is 2.42 bits per heavy atom. The van der Waals surface area contributed by atoms with Gasteiger partial charge in [-0.2, -0.15) is 0 Å². The average Bonchev–Trinajstić information content (AvgIpc) is 2.93. The summed E-state index contributed by atoms with van der Waals surface area (Å²) < 4.78 is 23.5. The van der Waals surface area contributed by atoms with E-state index < -0.39 is 12.4 Å². The quantitative estimate of drug-likeness (QED) is 0.512. The zero-order valence-corrected chi connectivity index (χ0v) is 20.8. The molecule has 194 valence electrons. The Hall–Kier alpha value is -2.75. The number of ether oxygens (including phenoxy) is 4. The van der Waals surface area contributed by atoms with Crippen molar-refractivity contribution in [1.29, 1.82) is 0 Å². The second-order valence-corrected chi connectivity index (χ2v) is 9.22. The van der Waals surface area contributed by atoms with Crippen LogP contribution in [0, 0.1) is 5.92 Å². The summed E-state index contributed by atoms with van der Waals surface area (Å²) >= 11 is 0. The van der Waals surface area contributed by atoms with Crippen molar-refractivity contribution in [1.82, 2.24) is 10.2 Å². The van der Waals surface area contributed by atoms with Crippen molar-refractivity contribution >= 4 is 6.09 Å². The van der Waals surface area contributed by atoms with Crippen molar-refractivity contribution in [2.45, 2.75) is 38.6 Å². The topological polar surface area (TPSA) is 89.5 Å². The van der Waals surface area contributed by atoms with Gasteiger partial charge in [0.05, 0.1) is 32.0 Å². The van der Waals surface area contributed by atoms with Crippen LogP contribution in [0.5, 0.6) is 0 Å². The fourth-order valence-corrected chi connectivity index (χ4v) is 4.52. The Labute approximate surface area is 212 Å². The normalized spacial score (nSPS) is 24.7. The molecule has 2 heterocycles. The molecule has 2 aromatic carbocycles. The highest BCUT2D eigenvalue weighted by Gasteiger charge is 2.39. The Bertz CT molecular complexity index is 975. The fourth-order valence-electron chi connectivity index (χ4n) is 4.52. The first-order chi connectivity index (χ1) is 17.6. The second kappa shape index (κ2) is 13.0. The molecule has 0 aliphatic carbocycles. The number of rotatable bonds is 9. The number of aliphatic hydroxyl groups is 1. The third-order valence-corrected chi connectivity index (χ3v) is 6.69. The summed E-state index contributed by atoms with van der Waals surface area (Å²) in [6, 6.07) is 15.8. The highest BCUT2D eigenvalue weighted by Crippen LogP contribution is 2.41. The summed E-state index contributed by atoms with van der Waals surface area (Å²) in [5.74, 6) is 0.133. The smallest absolute Gasteiger partial charge is 0.407 e. The summed E-state index contributed by atoms with van der Waals surface area (Å²) in [6.07, 6.45) is 0.357. The monoisotopic (exact) mass is 496 g/mol. The molecular weight excluding hydrogens is 460 g/mol. The van der Waals surface area contributed by atoms with Crippen LogP contribution in [-0.2, 0) is 32.1 Å². The van der Waals surface area contributed by atoms with Crippen molar-refractivity contribution in [3.63, 3.8) is 0 Å². The summed E-state index contributed by atoms with van der Waals surface area (Å²) in [7, 11) is 0. The molecule has 0 radical (unpaired) electrons. The average molecular weight is 497 g/mol. The maximum Gasteiger partial charge on any atom is 0.407 e. The van der Waals surface area contributed by atoms with Gasteiger partial charge in [-0.1, -0.05) is 68.1 Å². The molecule has 2 fully saturated rings. The van der Waals surface area contributed by atoms with Crippen LogP contribution in [0.25, 0.3) is 0 Å². The van der Waals surface area contributed by atoms with E-state index in [0.717, 1.165) is 55.1 Å². The number of morpholine rings is 1. The van der Waals surface area contributed by atoms with Crippen LogP contribution in [0.1, 0.15) is 41.6 Å². The lowest BCUT2D eigenvalue weighted by Crippen LogP contribution is -2.47. The van der Waals surface area contributed by atoms with Gasteiger partial charge in [0.2, 0.25) is 0 Å². The van der Waals surface area contributed by atoms with E-state index in [4.69, 9.17) is 18.9 Å². The van der Waals surface area contributed by atoms with E-state index in [-0.39, 0.29) is 31.3 Å². The van der Waals surface area contributed by atoms with Crippen molar-refractivity contribution in [2.75, 3.05) is 39.5 Å². The number of hydrogen-bond donors (Lipinski definition) is 2. The molecule has 0 bridgehead atoms. The van der Waals surface area contributed by atoms with E-state index >= 15 is 0 Å². The van der Waals surface area contributed by atoms with Crippen LogP contribution in [0.2, 0.25) is 0 Å². The summed E-state index contributed by atoms with van der Waals surface area (Å²) in [4.78, 5) is 14.1. The van der Waals surface area contributed by atoms with Crippen LogP contribution >= 0.6 is 0 Å². The number of carbonyl (C=O) groups excluding carboxylic acids is 1. The number of carbonyl (C=O) groups is 1. The van der Waals surface area contributed by atoms with Crippen molar-refractivity contribution in [2.24, 2.45) is 5.92 Å². The molecule has 0 spiro atoms. The van der Waals surface area contributed by atoms with Gasteiger partial charge in [0.1, 0.15) is 6.61 Å². The SMILES string of the molecule is C=CCOC(=O)NCc1ccc([C@@H]2O[C@H](CN3CCOCC3)[C@H](C)[C@H](c3ccc(CO)cc3)O2)cc1. The van der Waals surface area contributed by atoms with E-state index in [1.807, 2.05) is 48.5 Å². The molecule has 2 aliphatic heterocycles. The Morgan fingerprint density at radius 2 is 1.75 bits per heavy atom. The summed E-state index contributed by atoms with van der Waals surface area (Å²) in [5, 5.41) is 12.2. The number of hydrogen-bond acceptors (Lipinski definition) is 7. The minimum absolute atomic E-state index is 0.0138. The maximum atomic E-state index is 11.7. The van der Waals surface area contributed by atoms with Gasteiger partial charge >= 0.3 is 6.09 Å². The molecule has 0 aromatic heterocycles. The lowest BCUT2D eigenvalue weighted by molar-refractivity contribution is -0.277. The molecule has 2 aromatic rings. The number of amides is 1. The molecule has 36 heavy (non-hydrogen) atoms. The lowest BCUT2D eigenvalue weighted by Gasteiger charge is -2.43. The van der Waals surface area contributed by atoms with E-state index in [1.165, 1.54) is 6.08 Å². The molecule has 0 saturated carbocycles. The zero-order valence-electron chi connectivity index (χ0n) is 20.8. The van der Waals surface area contributed by atoms with Crippen LogP contribution in [0.4, 0.5) is 4.79 Å². The minimum atomic E-state index is -0.519. The molecule has 4 atom stereocenters. The molecule has 1 amide bonds. The second-order valence-electron chi connectivity index (χ2n) is 9.22. The van der Waals surface area contributed by atoms with Crippen molar-refractivity contribution < 1.29 is 28.8 Å².